The Morgan fingerprint density at radius 3 is 2.78 bits per heavy atom. The average molecular weight is 309 g/mol. The van der Waals surface area contributed by atoms with Crippen LogP contribution in [0.5, 0.6) is 0 Å². The van der Waals surface area contributed by atoms with E-state index in [1.807, 2.05) is 6.92 Å². The minimum absolute atomic E-state index is 0.346. The van der Waals surface area contributed by atoms with Crippen molar-refractivity contribution in [3.63, 3.8) is 0 Å². The number of aromatic nitrogens is 4. The third-order valence-electron chi connectivity index (χ3n) is 3.32. The molecule has 0 amide bonds. The molecule has 0 saturated heterocycles. The third kappa shape index (κ3) is 2.42. The molecular formula is C16H12FN5O. The van der Waals surface area contributed by atoms with Crippen LogP contribution < -0.4 is 5.32 Å². The first-order valence-electron chi connectivity index (χ1n) is 7.00. The van der Waals surface area contributed by atoms with E-state index in [4.69, 9.17) is 4.42 Å². The molecular weight excluding hydrogens is 297 g/mol. The van der Waals surface area contributed by atoms with E-state index in [9.17, 15) is 4.39 Å². The fourth-order valence-electron chi connectivity index (χ4n) is 2.29. The maximum Gasteiger partial charge on any atom is 0.255 e. The van der Waals surface area contributed by atoms with Crippen LogP contribution in [-0.2, 0) is 0 Å². The van der Waals surface area contributed by atoms with E-state index in [1.54, 1.807) is 42.7 Å². The Bertz CT molecular complexity index is 977. The molecule has 6 nitrogen and oxygen atoms in total. The Labute approximate surface area is 130 Å². The smallest absolute Gasteiger partial charge is 0.255 e. The van der Waals surface area contributed by atoms with Gasteiger partial charge in [0.2, 0.25) is 5.82 Å². The molecule has 7 heteroatoms. The number of nitrogens with zero attached hydrogens (tertiary/aromatic N) is 4. The fraction of sp³-hybridized carbons (Fsp3) is 0.0625. The van der Waals surface area contributed by atoms with E-state index >= 15 is 0 Å². The predicted molar refractivity (Wildman–Crippen MR) is 82.9 cm³/mol. The molecule has 23 heavy (non-hydrogen) atoms. The number of halogens is 1. The second-order valence-electron chi connectivity index (χ2n) is 5.01. The van der Waals surface area contributed by atoms with Crippen molar-refractivity contribution in [2.45, 2.75) is 6.92 Å². The van der Waals surface area contributed by atoms with Gasteiger partial charge in [-0.1, -0.05) is 12.1 Å². The molecule has 0 aliphatic carbocycles. The van der Waals surface area contributed by atoms with Gasteiger partial charge in [0.15, 0.2) is 5.76 Å². The second kappa shape index (κ2) is 5.20. The quantitative estimate of drug-likeness (QED) is 0.626. The summed E-state index contributed by atoms with van der Waals surface area (Å²) in [4.78, 5) is 8.70. The molecule has 1 aromatic carbocycles. The summed E-state index contributed by atoms with van der Waals surface area (Å²) in [5.74, 6) is 1.61. The Morgan fingerprint density at radius 1 is 1.13 bits per heavy atom. The van der Waals surface area contributed by atoms with E-state index in [1.165, 1.54) is 10.6 Å². The molecule has 4 aromatic rings. The van der Waals surface area contributed by atoms with Gasteiger partial charge < -0.3 is 9.73 Å². The van der Waals surface area contributed by atoms with Crippen molar-refractivity contribution < 1.29 is 8.81 Å². The Balaban J connectivity index is 1.84. The molecule has 114 valence electrons. The first kappa shape index (κ1) is 13.4. The third-order valence-corrected chi connectivity index (χ3v) is 3.32. The van der Waals surface area contributed by atoms with Gasteiger partial charge in [-0.2, -0.15) is 9.50 Å². The Morgan fingerprint density at radius 2 is 2.00 bits per heavy atom. The van der Waals surface area contributed by atoms with Crippen molar-refractivity contribution in [1.82, 2.24) is 19.6 Å². The molecule has 0 saturated carbocycles. The van der Waals surface area contributed by atoms with Crippen LogP contribution in [0, 0.1) is 12.7 Å². The number of nitrogens with one attached hydrogen (secondary N) is 1. The van der Waals surface area contributed by atoms with Gasteiger partial charge in [0.1, 0.15) is 11.6 Å². The topological polar surface area (TPSA) is 68.2 Å². The molecule has 4 rings (SSSR count). The monoisotopic (exact) mass is 309 g/mol. The van der Waals surface area contributed by atoms with Gasteiger partial charge >= 0.3 is 0 Å². The van der Waals surface area contributed by atoms with Gasteiger partial charge in [-0.25, -0.2) is 9.37 Å². The minimum atomic E-state index is -0.346. The zero-order valence-electron chi connectivity index (χ0n) is 12.2. The van der Waals surface area contributed by atoms with Crippen molar-refractivity contribution >= 4 is 17.3 Å². The minimum Gasteiger partial charge on any atom is -0.461 e. The number of hydrogen-bond acceptors (Lipinski definition) is 5. The van der Waals surface area contributed by atoms with Crippen LogP contribution >= 0.6 is 0 Å². The van der Waals surface area contributed by atoms with Gasteiger partial charge in [-0.3, -0.25) is 0 Å². The number of fused-ring (bicyclic) bond motifs is 1. The molecule has 3 aromatic heterocycles. The van der Waals surface area contributed by atoms with E-state index in [2.05, 4.69) is 20.4 Å². The summed E-state index contributed by atoms with van der Waals surface area (Å²) < 4.78 is 20.7. The number of furan rings is 1. The van der Waals surface area contributed by atoms with E-state index < -0.39 is 0 Å². The average Bonchev–Trinajstić information content (AvgIpc) is 3.18. The highest BCUT2D eigenvalue weighted by Gasteiger charge is 2.14. The Hall–Kier alpha value is -3.22. The number of aryl methyl sites for hydroxylation is 1. The number of benzene rings is 1. The molecule has 0 unspecified atom stereocenters. The Kier molecular flexibility index (Phi) is 3.04. The van der Waals surface area contributed by atoms with Crippen LogP contribution in [0.3, 0.4) is 0 Å². The summed E-state index contributed by atoms with van der Waals surface area (Å²) in [6, 6.07) is 11.7. The molecule has 1 N–H and O–H groups in total. The molecule has 0 atom stereocenters. The highest BCUT2D eigenvalue weighted by Crippen LogP contribution is 2.22. The standard InChI is InChI=1S/C16H12FN5O/c1-10-9-14(19-12-6-3-2-5-11(12)17)22-16(18-10)20-15(21-22)13-7-4-8-23-13/h2-9,19H,1H3. The second-order valence-corrected chi connectivity index (χ2v) is 5.01. The van der Waals surface area contributed by atoms with Crippen molar-refractivity contribution in [3.8, 4) is 11.6 Å². The number of rotatable bonds is 3. The van der Waals surface area contributed by atoms with Gasteiger partial charge in [-0.15, -0.1) is 5.10 Å². The summed E-state index contributed by atoms with van der Waals surface area (Å²) in [6.45, 7) is 1.84. The van der Waals surface area contributed by atoms with Gasteiger partial charge in [0.05, 0.1) is 12.0 Å². The molecule has 0 aliphatic heterocycles. The number of anilines is 2. The molecule has 0 aliphatic rings. The van der Waals surface area contributed by atoms with Crippen LogP contribution in [0.2, 0.25) is 0 Å². The van der Waals surface area contributed by atoms with Crippen molar-refractivity contribution in [3.05, 3.63) is 60.2 Å². The maximum atomic E-state index is 13.9. The van der Waals surface area contributed by atoms with Crippen LogP contribution in [-0.4, -0.2) is 19.6 Å². The molecule has 0 spiro atoms. The van der Waals surface area contributed by atoms with E-state index in [-0.39, 0.29) is 5.82 Å². The number of para-hydroxylation sites is 1. The van der Waals surface area contributed by atoms with Crippen LogP contribution in [0.1, 0.15) is 5.69 Å². The summed E-state index contributed by atoms with van der Waals surface area (Å²) in [5, 5.41) is 7.42. The lowest BCUT2D eigenvalue weighted by molar-refractivity contribution is 0.577. The molecule has 3 heterocycles. The van der Waals surface area contributed by atoms with Crippen LogP contribution in [0.25, 0.3) is 17.4 Å². The van der Waals surface area contributed by atoms with Gasteiger partial charge in [0.25, 0.3) is 5.78 Å². The molecule has 0 bridgehead atoms. The summed E-state index contributed by atoms with van der Waals surface area (Å²) in [7, 11) is 0. The number of hydrogen-bond donors (Lipinski definition) is 1. The predicted octanol–water partition coefficient (Wildman–Crippen LogP) is 3.58. The van der Waals surface area contributed by atoms with Crippen molar-refractivity contribution in [2.24, 2.45) is 0 Å². The first-order chi connectivity index (χ1) is 11.2. The van der Waals surface area contributed by atoms with Crippen molar-refractivity contribution in [2.75, 3.05) is 5.32 Å². The normalized spacial score (nSPS) is 11.0. The van der Waals surface area contributed by atoms with Crippen LogP contribution in [0.15, 0.2) is 53.1 Å². The van der Waals surface area contributed by atoms with Gasteiger partial charge in [-0.05, 0) is 31.2 Å². The zero-order chi connectivity index (χ0) is 15.8. The summed E-state index contributed by atoms with van der Waals surface area (Å²) in [5.41, 5.74) is 1.10. The lowest BCUT2D eigenvalue weighted by Gasteiger charge is -2.09. The van der Waals surface area contributed by atoms with E-state index in [0.29, 0.717) is 28.9 Å². The van der Waals surface area contributed by atoms with Gasteiger partial charge in [0, 0.05) is 11.8 Å². The zero-order valence-corrected chi connectivity index (χ0v) is 12.2. The highest BCUT2D eigenvalue weighted by atomic mass is 19.1. The summed E-state index contributed by atoms with van der Waals surface area (Å²) in [6.07, 6.45) is 1.55. The summed E-state index contributed by atoms with van der Waals surface area (Å²) >= 11 is 0. The largest absolute Gasteiger partial charge is 0.461 e. The SMILES string of the molecule is Cc1cc(Nc2ccccc2F)n2nc(-c3ccco3)nc2n1. The lowest BCUT2D eigenvalue weighted by Crippen LogP contribution is -2.03. The molecule has 0 radical (unpaired) electrons. The fourth-order valence-corrected chi connectivity index (χ4v) is 2.29. The molecule has 0 fully saturated rings. The van der Waals surface area contributed by atoms with E-state index in [0.717, 1.165) is 5.69 Å². The maximum absolute atomic E-state index is 13.9. The highest BCUT2D eigenvalue weighted by molar-refractivity contribution is 5.60. The first-order valence-corrected chi connectivity index (χ1v) is 7.00. The lowest BCUT2D eigenvalue weighted by atomic mass is 10.3. The van der Waals surface area contributed by atoms with Crippen molar-refractivity contribution in [1.29, 1.82) is 0 Å². The van der Waals surface area contributed by atoms with Crippen LogP contribution in [0.4, 0.5) is 15.9 Å².